The minimum atomic E-state index is -1.47. The molecule has 9 nitrogen and oxygen atoms in total. The Kier molecular flexibility index (Phi) is 2.66. The van der Waals surface area contributed by atoms with Crippen molar-refractivity contribution >= 4 is 18.0 Å². The van der Waals surface area contributed by atoms with Gasteiger partial charge < -0.3 is 15.7 Å². The Balaban J connectivity index is 2.40. The van der Waals surface area contributed by atoms with Gasteiger partial charge in [0.2, 0.25) is 0 Å². The van der Waals surface area contributed by atoms with Gasteiger partial charge in [-0.25, -0.2) is 9.59 Å². The third-order valence-corrected chi connectivity index (χ3v) is 2.70. The number of nitrogens with one attached hydrogen (secondary N) is 3. The molecule has 1 aliphatic heterocycles. The number of hydrogen-bond donors (Lipinski definition) is 4. The van der Waals surface area contributed by atoms with Gasteiger partial charge in [-0.3, -0.25) is 14.8 Å². The molecule has 0 aliphatic carbocycles. The van der Waals surface area contributed by atoms with E-state index >= 15 is 0 Å². The maximum atomic E-state index is 11.9. The van der Waals surface area contributed by atoms with Crippen LogP contribution < -0.4 is 16.0 Å². The predicted octanol–water partition coefficient (Wildman–Crippen LogP) is -1.28. The first-order valence-corrected chi connectivity index (χ1v) is 5.04. The van der Waals surface area contributed by atoms with E-state index in [1.807, 2.05) is 0 Å². The van der Waals surface area contributed by atoms with Gasteiger partial charge in [0, 0.05) is 13.2 Å². The van der Waals surface area contributed by atoms with E-state index in [1.165, 1.54) is 16.9 Å². The molecule has 1 unspecified atom stereocenters. The Morgan fingerprint density at radius 2 is 2.33 bits per heavy atom. The summed E-state index contributed by atoms with van der Waals surface area (Å²) in [6.45, 7) is -0.278. The fraction of sp³-hybridized carbons (Fsp3) is 0.333. The second-order valence-electron chi connectivity index (χ2n) is 3.81. The fourth-order valence-corrected chi connectivity index (χ4v) is 1.89. The molecular formula is C9H11N5O4. The normalized spacial score (nSPS) is 22.5. The first-order chi connectivity index (χ1) is 8.45. The molecule has 18 heavy (non-hydrogen) atoms. The van der Waals surface area contributed by atoms with Crippen LogP contribution in [0.15, 0.2) is 12.3 Å². The van der Waals surface area contributed by atoms with E-state index in [1.54, 1.807) is 7.05 Å². The number of amides is 4. The van der Waals surface area contributed by atoms with Crippen LogP contribution >= 0.6 is 0 Å². The van der Waals surface area contributed by atoms with Gasteiger partial charge in [0.15, 0.2) is 5.54 Å². The average molecular weight is 253 g/mol. The number of aryl methyl sites for hydroxylation is 1. The molecule has 9 heteroatoms. The van der Waals surface area contributed by atoms with Crippen molar-refractivity contribution in [1.29, 1.82) is 0 Å². The summed E-state index contributed by atoms with van der Waals surface area (Å²) in [6, 6.07) is 0.864. The number of nitrogens with zero attached hydrogens (tertiary/aromatic N) is 2. The molecule has 4 amide bonds. The second kappa shape index (κ2) is 4.02. The summed E-state index contributed by atoms with van der Waals surface area (Å²) >= 11 is 0. The van der Waals surface area contributed by atoms with E-state index in [0.717, 1.165) is 0 Å². The van der Waals surface area contributed by atoms with E-state index < -0.39 is 23.6 Å². The zero-order valence-electron chi connectivity index (χ0n) is 9.43. The molecule has 0 spiro atoms. The standard InChI is InChI=1S/C9H11N5O4/c1-14-5(2-3-11-14)9(4-10-8(17)18)6(15)12-7(16)13-9/h2-3,10H,4H2,1H3,(H,17,18)(H2,12,13,15,16). The van der Waals surface area contributed by atoms with Crippen LogP contribution in [0.25, 0.3) is 0 Å². The maximum Gasteiger partial charge on any atom is 0.404 e. The molecule has 4 N–H and O–H groups in total. The predicted molar refractivity (Wildman–Crippen MR) is 57.6 cm³/mol. The van der Waals surface area contributed by atoms with Gasteiger partial charge >= 0.3 is 12.1 Å². The van der Waals surface area contributed by atoms with E-state index in [9.17, 15) is 14.4 Å². The van der Waals surface area contributed by atoms with Crippen LogP contribution in [-0.2, 0) is 17.4 Å². The van der Waals surface area contributed by atoms with E-state index in [2.05, 4.69) is 21.0 Å². The van der Waals surface area contributed by atoms with Gasteiger partial charge in [0.1, 0.15) is 0 Å². The molecule has 2 rings (SSSR count). The lowest BCUT2D eigenvalue weighted by Gasteiger charge is -2.25. The third-order valence-electron chi connectivity index (χ3n) is 2.70. The van der Waals surface area contributed by atoms with Crippen LogP contribution in [0, 0.1) is 0 Å². The molecule has 0 radical (unpaired) electrons. The molecule has 1 atom stereocenters. The fourth-order valence-electron chi connectivity index (χ4n) is 1.89. The van der Waals surface area contributed by atoms with Gasteiger partial charge in [0.05, 0.1) is 12.2 Å². The highest BCUT2D eigenvalue weighted by Gasteiger charge is 2.49. The Morgan fingerprint density at radius 1 is 1.61 bits per heavy atom. The zero-order valence-corrected chi connectivity index (χ0v) is 9.43. The molecular weight excluding hydrogens is 242 g/mol. The molecule has 1 aromatic rings. The second-order valence-corrected chi connectivity index (χ2v) is 3.81. The van der Waals surface area contributed by atoms with Crippen LogP contribution in [0.4, 0.5) is 9.59 Å². The number of carboxylic acid groups (broad SMARTS) is 1. The van der Waals surface area contributed by atoms with E-state index in [4.69, 9.17) is 5.11 Å². The van der Waals surface area contributed by atoms with Gasteiger partial charge in [-0.2, -0.15) is 5.10 Å². The van der Waals surface area contributed by atoms with E-state index in [0.29, 0.717) is 5.69 Å². The molecule has 0 bridgehead atoms. The lowest BCUT2D eigenvalue weighted by atomic mass is 9.95. The first kappa shape index (κ1) is 11.9. The van der Waals surface area contributed by atoms with Crippen molar-refractivity contribution < 1.29 is 19.5 Å². The number of aromatic nitrogens is 2. The van der Waals surface area contributed by atoms with Crippen molar-refractivity contribution in [3.05, 3.63) is 18.0 Å². The van der Waals surface area contributed by atoms with Crippen LogP contribution in [0.1, 0.15) is 5.69 Å². The number of carbonyl (C=O) groups is 3. The van der Waals surface area contributed by atoms with Crippen LogP contribution in [-0.4, -0.2) is 39.5 Å². The smallest absolute Gasteiger partial charge is 0.404 e. The quantitative estimate of drug-likeness (QED) is 0.499. The number of rotatable bonds is 3. The van der Waals surface area contributed by atoms with Crippen LogP contribution in [0.5, 0.6) is 0 Å². The van der Waals surface area contributed by atoms with Crippen molar-refractivity contribution in [1.82, 2.24) is 25.7 Å². The van der Waals surface area contributed by atoms with Gasteiger partial charge in [-0.15, -0.1) is 0 Å². The number of hydrogen-bond acceptors (Lipinski definition) is 4. The zero-order chi connectivity index (χ0) is 13.3. The number of carbonyl (C=O) groups excluding carboxylic acids is 2. The Hall–Kier alpha value is -2.58. The summed E-state index contributed by atoms with van der Waals surface area (Å²) in [5, 5.41) is 19.1. The van der Waals surface area contributed by atoms with Crippen molar-refractivity contribution in [3.63, 3.8) is 0 Å². The van der Waals surface area contributed by atoms with Crippen LogP contribution in [0.3, 0.4) is 0 Å². The average Bonchev–Trinajstić information content (AvgIpc) is 2.81. The lowest BCUT2D eigenvalue weighted by molar-refractivity contribution is -0.124. The summed E-state index contributed by atoms with van der Waals surface area (Å²) in [7, 11) is 1.59. The first-order valence-electron chi connectivity index (χ1n) is 5.04. The summed E-state index contributed by atoms with van der Waals surface area (Å²) in [4.78, 5) is 33.7. The van der Waals surface area contributed by atoms with Crippen molar-refractivity contribution in [3.8, 4) is 0 Å². The molecule has 2 heterocycles. The highest BCUT2D eigenvalue weighted by molar-refractivity contribution is 6.07. The Bertz CT molecular complexity index is 525. The number of urea groups is 1. The minimum absolute atomic E-state index is 0.278. The summed E-state index contributed by atoms with van der Waals surface area (Å²) in [5.41, 5.74) is -1.08. The molecule has 0 saturated carbocycles. The SMILES string of the molecule is Cn1nccc1C1(CNC(=O)O)NC(=O)NC1=O. The molecule has 96 valence electrons. The molecule has 1 saturated heterocycles. The molecule has 1 aliphatic rings. The van der Waals surface area contributed by atoms with Gasteiger partial charge in [-0.05, 0) is 6.07 Å². The molecule has 0 aromatic carbocycles. The highest BCUT2D eigenvalue weighted by atomic mass is 16.4. The van der Waals surface area contributed by atoms with Crippen molar-refractivity contribution in [2.45, 2.75) is 5.54 Å². The Labute approximate surface area is 101 Å². The van der Waals surface area contributed by atoms with Crippen LogP contribution in [0.2, 0.25) is 0 Å². The Morgan fingerprint density at radius 3 is 2.78 bits per heavy atom. The maximum absolute atomic E-state index is 11.9. The van der Waals surface area contributed by atoms with Crippen molar-refractivity contribution in [2.24, 2.45) is 7.05 Å². The molecule has 1 fully saturated rings. The monoisotopic (exact) mass is 253 g/mol. The lowest BCUT2D eigenvalue weighted by Crippen LogP contribution is -2.53. The van der Waals surface area contributed by atoms with Gasteiger partial charge in [0.25, 0.3) is 5.91 Å². The van der Waals surface area contributed by atoms with Gasteiger partial charge in [-0.1, -0.05) is 0 Å². The third kappa shape index (κ3) is 1.75. The molecule has 1 aromatic heterocycles. The van der Waals surface area contributed by atoms with E-state index in [-0.39, 0.29) is 6.54 Å². The largest absolute Gasteiger partial charge is 0.465 e. The summed E-state index contributed by atoms with van der Waals surface area (Å²) in [5.74, 6) is -0.621. The van der Waals surface area contributed by atoms with Crippen molar-refractivity contribution in [2.75, 3.05) is 6.54 Å². The minimum Gasteiger partial charge on any atom is -0.465 e. The highest BCUT2D eigenvalue weighted by Crippen LogP contribution is 2.23. The topological polar surface area (TPSA) is 125 Å². The number of imide groups is 1. The summed E-state index contributed by atoms with van der Waals surface area (Å²) in [6.07, 6.45) is 0.167. The summed E-state index contributed by atoms with van der Waals surface area (Å²) < 4.78 is 1.40.